The number of para-hydroxylation sites is 1. The number of aliphatic carboxylic acids is 1. The third kappa shape index (κ3) is 1.90. The van der Waals surface area contributed by atoms with E-state index in [1.54, 1.807) is 18.2 Å². The molecule has 0 radical (unpaired) electrons. The Hall–Kier alpha value is -1.50. The first-order valence-corrected chi connectivity index (χ1v) is 5.33. The van der Waals surface area contributed by atoms with Gasteiger partial charge in [-0.3, -0.25) is 0 Å². The van der Waals surface area contributed by atoms with Gasteiger partial charge in [0.2, 0.25) is 0 Å². The number of aliphatic hydroxyl groups is 2. The number of carboxylic acids is 1. The molecule has 84 valence electrons. The first-order chi connectivity index (χ1) is 7.59. The summed E-state index contributed by atoms with van der Waals surface area (Å²) in [6, 6.07) is 7.14. The highest BCUT2D eigenvalue weighted by Gasteiger charge is 2.22. The molecule has 0 spiro atoms. The fourth-order valence-corrected chi connectivity index (χ4v) is 2.26. The van der Waals surface area contributed by atoms with Crippen LogP contribution in [0.2, 0.25) is 0 Å². The second-order valence-electron chi connectivity index (χ2n) is 3.23. The number of hydrogen-bond donors (Lipinski definition) is 2. The number of rotatable bonds is 3. The summed E-state index contributed by atoms with van der Waals surface area (Å²) in [4.78, 5) is 14.4. The number of carboxylic acid groups (broad SMARTS) is 1. The molecule has 2 rings (SSSR count). The minimum absolute atomic E-state index is 0.165. The van der Waals surface area contributed by atoms with Crippen LogP contribution in [0, 0.1) is 0 Å². The van der Waals surface area contributed by atoms with Crippen LogP contribution in [0.4, 0.5) is 0 Å². The molecule has 6 heteroatoms. The Morgan fingerprint density at radius 1 is 1.38 bits per heavy atom. The lowest BCUT2D eigenvalue weighted by molar-refractivity contribution is -0.318. The third-order valence-corrected chi connectivity index (χ3v) is 3.21. The van der Waals surface area contributed by atoms with Crippen molar-refractivity contribution in [1.29, 1.82) is 0 Å². The van der Waals surface area contributed by atoms with Crippen molar-refractivity contribution in [3.8, 4) is 0 Å². The summed E-state index contributed by atoms with van der Waals surface area (Å²) >= 11 is 1.14. The van der Waals surface area contributed by atoms with Crippen molar-refractivity contribution in [3.63, 3.8) is 0 Å². The van der Waals surface area contributed by atoms with E-state index in [0.717, 1.165) is 16.0 Å². The van der Waals surface area contributed by atoms with Gasteiger partial charge >= 0.3 is 0 Å². The molecule has 16 heavy (non-hydrogen) atoms. The van der Waals surface area contributed by atoms with Crippen LogP contribution in [0.3, 0.4) is 0 Å². The van der Waals surface area contributed by atoms with E-state index in [9.17, 15) is 15.0 Å². The maximum Gasteiger partial charge on any atom is 0.137 e. The van der Waals surface area contributed by atoms with Gasteiger partial charge < -0.3 is 20.1 Å². The van der Waals surface area contributed by atoms with Gasteiger partial charge in [-0.2, -0.15) is 0 Å². The zero-order valence-corrected chi connectivity index (χ0v) is 8.85. The van der Waals surface area contributed by atoms with Gasteiger partial charge in [0.15, 0.2) is 0 Å². The highest BCUT2D eigenvalue weighted by Crippen LogP contribution is 2.27. The van der Waals surface area contributed by atoms with Crippen LogP contribution in [0.1, 0.15) is 11.1 Å². The minimum atomic E-state index is -1.96. The largest absolute Gasteiger partial charge is 0.547 e. The number of aromatic nitrogens is 1. The van der Waals surface area contributed by atoms with Crippen LogP contribution in [0.15, 0.2) is 24.3 Å². The van der Waals surface area contributed by atoms with Gasteiger partial charge in [-0.25, -0.2) is 4.98 Å². The second-order valence-corrected chi connectivity index (χ2v) is 4.29. The molecule has 0 amide bonds. The zero-order valence-electron chi connectivity index (χ0n) is 8.03. The summed E-state index contributed by atoms with van der Waals surface area (Å²) in [5, 5.41) is 29.2. The van der Waals surface area contributed by atoms with Gasteiger partial charge in [-0.05, 0) is 12.1 Å². The highest BCUT2D eigenvalue weighted by molar-refractivity contribution is 7.18. The molecule has 1 aromatic heterocycles. The SMILES string of the molecule is O=C([O-])[C@H](O)[C@H](O)c1nc2ccccc2s1. The smallest absolute Gasteiger partial charge is 0.137 e. The molecule has 2 atom stereocenters. The predicted octanol–water partition coefficient (Wildman–Crippen LogP) is -0.560. The van der Waals surface area contributed by atoms with E-state index in [1.807, 2.05) is 6.07 Å². The van der Waals surface area contributed by atoms with Crippen molar-refractivity contribution < 1.29 is 20.1 Å². The normalized spacial score (nSPS) is 14.9. The molecule has 2 N–H and O–H groups in total. The summed E-state index contributed by atoms with van der Waals surface area (Å²) in [6.45, 7) is 0. The zero-order chi connectivity index (χ0) is 11.7. The number of nitrogens with zero attached hydrogens (tertiary/aromatic N) is 1. The molecule has 5 nitrogen and oxygen atoms in total. The Kier molecular flexibility index (Phi) is 2.86. The van der Waals surface area contributed by atoms with Crippen molar-refractivity contribution in [2.24, 2.45) is 0 Å². The number of carbonyl (C=O) groups excluding carboxylic acids is 1. The summed E-state index contributed by atoms with van der Waals surface area (Å²) in [5.41, 5.74) is 0.659. The number of hydrogen-bond acceptors (Lipinski definition) is 6. The second kappa shape index (κ2) is 4.17. The molecule has 0 bridgehead atoms. The molecule has 0 aliphatic carbocycles. The molecule has 1 heterocycles. The molecule has 0 saturated heterocycles. The van der Waals surface area contributed by atoms with Crippen molar-refractivity contribution >= 4 is 27.5 Å². The summed E-state index contributed by atoms with van der Waals surface area (Å²) < 4.78 is 0.821. The van der Waals surface area contributed by atoms with Crippen molar-refractivity contribution in [3.05, 3.63) is 29.3 Å². The monoisotopic (exact) mass is 238 g/mol. The lowest BCUT2D eigenvalue weighted by Crippen LogP contribution is -2.39. The van der Waals surface area contributed by atoms with Gasteiger partial charge in [0.25, 0.3) is 0 Å². The molecular formula is C10H8NO4S-. The van der Waals surface area contributed by atoms with E-state index in [-0.39, 0.29) is 5.01 Å². The van der Waals surface area contributed by atoms with Gasteiger partial charge in [0.05, 0.1) is 16.2 Å². The maximum atomic E-state index is 10.4. The van der Waals surface area contributed by atoms with Gasteiger partial charge in [0, 0.05) is 0 Å². The Morgan fingerprint density at radius 3 is 2.69 bits per heavy atom. The number of aliphatic hydroxyl groups excluding tert-OH is 2. The average Bonchev–Trinajstić information content (AvgIpc) is 2.70. The first-order valence-electron chi connectivity index (χ1n) is 4.52. The third-order valence-electron chi connectivity index (χ3n) is 2.10. The van der Waals surface area contributed by atoms with Crippen LogP contribution in [0.5, 0.6) is 0 Å². The van der Waals surface area contributed by atoms with E-state index in [4.69, 9.17) is 5.11 Å². The molecule has 0 aliphatic heterocycles. The molecule has 0 saturated carbocycles. The first kappa shape index (κ1) is 11.0. The topological polar surface area (TPSA) is 93.5 Å². The van der Waals surface area contributed by atoms with Crippen molar-refractivity contribution in [2.75, 3.05) is 0 Å². The van der Waals surface area contributed by atoms with Crippen LogP contribution in [0.25, 0.3) is 10.2 Å². The molecule has 0 unspecified atom stereocenters. The van der Waals surface area contributed by atoms with E-state index in [2.05, 4.69) is 4.98 Å². The van der Waals surface area contributed by atoms with Gasteiger partial charge in [-0.15, -0.1) is 11.3 Å². The van der Waals surface area contributed by atoms with Gasteiger partial charge in [0.1, 0.15) is 17.2 Å². The number of fused-ring (bicyclic) bond motifs is 1. The van der Waals surface area contributed by atoms with E-state index in [1.165, 1.54) is 0 Å². The average molecular weight is 238 g/mol. The molecule has 0 aliphatic rings. The molecule has 2 aromatic rings. The Morgan fingerprint density at radius 2 is 2.06 bits per heavy atom. The number of carbonyl (C=O) groups is 1. The van der Waals surface area contributed by atoms with Crippen LogP contribution in [-0.2, 0) is 4.79 Å². The molecular weight excluding hydrogens is 230 g/mol. The number of thiazole rings is 1. The Balaban J connectivity index is 2.36. The quantitative estimate of drug-likeness (QED) is 0.747. The van der Waals surface area contributed by atoms with Crippen molar-refractivity contribution in [1.82, 2.24) is 4.98 Å². The van der Waals surface area contributed by atoms with E-state index in [0.29, 0.717) is 5.52 Å². The van der Waals surface area contributed by atoms with Crippen molar-refractivity contribution in [2.45, 2.75) is 12.2 Å². The molecule has 1 aromatic carbocycles. The Bertz CT molecular complexity index is 491. The summed E-state index contributed by atoms with van der Waals surface area (Å²) in [7, 11) is 0. The highest BCUT2D eigenvalue weighted by atomic mass is 32.1. The lowest BCUT2D eigenvalue weighted by Gasteiger charge is -2.15. The van der Waals surface area contributed by atoms with E-state index < -0.39 is 18.2 Å². The minimum Gasteiger partial charge on any atom is -0.547 e. The van der Waals surface area contributed by atoms with Crippen LogP contribution >= 0.6 is 11.3 Å². The fourth-order valence-electron chi connectivity index (χ4n) is 1.28. The maximum absolute atomic E-state index is 10.4. The summed E-state index contributed by atoms with van der Waals surface area (Å²) in [6.07, 6.45) is -3.51. The summed E-state index contributed by atoms with van der Waals surface area (Å²) in [5.74, 6) is -1.72. The van der Waals surface area contributed by atoms with Crippen LogP contribution < -0.4 is 5.11 Å². The van der Waals surface area contributed by atoms with Crippen LogP contribution in [-0.4, -0.2) is 27.3 Å². The predicted molar refractivity (Wildman–Crippen MR) is 55.6 cm³/mol. The van der Waals surface area contributed by atoms with E-state index >= 15 is 0 Å². The Labute approximate surface area is 94.6 Å². The lowest BCUT2D eigenvalue weighted by atomic mass is 10.2. The molecule has 0 fully saturated rings. The fraction of sp³-hybridized carbons (Fsp3) is 0.200. The standard InChI is InChI=1S/C10H9NO4S/c12-7(8(13)10(14)15)9-11-5-3-1-2-4-6(5)16-9/h1-4,7-8,12-13H,(H,14,15)/p-1/t7-,8+/m0/s1. The van der Waals surface area contributed by atoms with Gasteiger partial charge in [-0.1, -0.05) is 12.1 Å². The number of benzene rings is 1.